The van der Waals surface area contributed by atoms with Crippen molar-refractivity contribution < 1.29 is 27.1 Å². The second-order valence-electron chi connectivity index (χ2n) is 6.15. The van der Waals surface area contributed by atoms with E-state index in [-0.39, 0.29) is 5.75 Å². The molecule has 3 amide bonds. The average molecular weight is 371 g/mol. The molecule has 1 atom stereocenters. The van der Waals surface area contributed by atoms with Gasteiger partial charge in [-0.1, -0.05) is 6.07 Å². The molecule has 136 valence electrons. The first-order chi connectivity index (χ1) is 11.8. The molecular formula is C15H18FN3O5S. The predicted octanol–water partition coefficient (Wildman–Crippen LogP) is 1.06. The molecule has 0 spiro atoms. The molecule has 25 heavy (non-hydrogen) atoms. The van der Waals surface area contributed by atoms with Crippen molar-refractivity contribution in [3.05, 3.63) is 29.6 Å². The van der Waals surface area contributed by atoms with Crippen LogP contribution in [0.2, 0.25) is 0 Å². The maximum absolute atomic E-state index is 13.8. The van der Waals surface area contributed by atoms with E-state index in [0.29, 0.717) is 22.4 Å². The first-order valence-corrected chi connectivity index (χ1v) is 9.26. The Morgan fingerprint density at radius 1 is 1.40 bits per heavy atom. The lowest BCUT2D eigenvalue weighted by Gasteiger charge is -2.20. The smallest absolute Gasteiger partial charge is 0.339 e. The van der Waals surface area contributed by atoms with E-state index in [1.165, 1.54) is 18.2 Å². The summed E-state index contributed by atoms with van der Waals surface area (Å²) in [5.74, 6) is -0.709. The van der Waals surface area contributed by atoms with Gasteiger partial charge in [-0.25, -0.2) is 9.18 Å². The summed E-state index contributed by atoms with van der Waals surface area (Å²) in [5.41, 5.74) is 0.474. The van der Waals surface area contributed by atoms with Gasteiger partial charge in [-0.15, -0.1) is 0 Å². The highest BCUT2D eigenvalue weighted by atomic mass is 32.2. The minimum atomic E-state index is -4.21. The fourth-order valence-corrected chi connectivity index (χ4v) is 3.63. The van der Waals surface area contributed by atoms with Gasteiger partial charge < -0.3 is 4.74 Å². The monoisotopic (exact) mass is 371 g/mol. The number of carbonyl (C=O) groups excluding carboxylic acids is 2. The van der Waals surface area contributed by atoms with Gasteiger partial charge in [0, 0.05) is 6.04 Å². The van der Waals surface area contributed by atoms with Gasteiger partial charge in [0.2, 0.25) is 5.91 Å². The SMILES string of the molecule is C[C@@H](NS(=O)(=O)N1CC(=O)NC1=O)c1ccc(F)c(OCC2CC2)c1. The number of hydrogen-bond donors (Lipinski definition) is 2. The number of urea groups is 1. The van der Waals surface area contributed by atoms with Crippen molar-refractivity contribution in [2.24, 2.45) is 5.92 Å². The fraction of sp³-hybridized carbons (Fsp3) is 0.467. The van der Waals surface area contributed by atoms with Crippen LogP contribution in [0.25, 0.3) is 0 Å². The highest BCUT2D eigenvalue weighted by Crippen LogP contribution is 2.31. The number of ether oxygens (including phenoxy) is 1. The molecule has 10 heteroatoms. The van der Waals surface area contributed by atoms with Crippen LogP contribution in [-0.4, -0.2) is 37.8 Å². The van der Waals surface area contributed by atoms with Crippen LogP contribution in [0.15, 0.2) is 18.2 Å². The van der Waals surface area contributed by atoms with Crippen LogP contribution in [0, 0.1) is 11.7 Å². The molecule has 2 fully saturated rings. The fourth-order valence-electron chi connectivity index (χ4n) is 2.36. The molecule has 2 aliphatic rings. The zero-order valence-corrected chi connectivity index (χ0v) is 14.3. The number of benzene rings is 1. The van der Waals surface area contributed by atoms with Crippen molar-refractivity contribution in [3.8, 4) is 5.75 Å². The summed E-state index contributed by atoms with van der Waals surface area (Å²) in [5, 5.41) is 1.90. The van der Waals surface area contributed by atoms with Crippen molar-refractivity contribution in [3.63, 3.8) is 0 Å². The van der Waals surface area contributed by atoms with Gasteiger partial charge in [-0.05, 0) is 43.4 Å². The normalized spacial score (nSPS) is 19.0. The second kappa shape index (κ2) is 6.60. The molecule has 0 radical (unpaired) electrons. The molecular weight excluding hydrogens is 353 g/mol. The average Bonchev–Trinajstić information content (AvgIpc) is 3.29. The van der Waals surface area contributed by atoms with E-state index < -0.39 is 40.6 Å². The maximum Gasteiger partial charge on any atom is 0.339 e. The summed E-state index contributed by atoms with van der Waals surface area (Å²) < 4.78 is 46.5. The molecule has 8 nitrogen and oxygen atoms in total. The molecule has 1 aromatic rings. The van der Waals surface area contributed by atoms with Crippen LogP contribution in [0.5, 0.6) is 5.75 Å². The van der Waals surface area contributed by atoms with Crippen molar-refractivity contribution in [2.75, 3.05) is 13.2 Å². The Bertz CT molecular complexity index is 809. The standard InChI is InChI=1S/C15H18FN3O5S/c1-9(18-25(22,23)19-7-14(20)17-15(19)21)11-4-5-12(16)13(6-11)24-8-10-2-3-10/h4-6,9-10,18H,2-3,7-8H2,1H3,(H,17,20,21)/t9-/m1/s1. The van der Waals surface area contributed by atoms with Gasteiger partial charge in [0.25, 0.3) is 0 Å². The second-order valence-corrected chi connectivity index (χ2v) is 7.78. The highest BCUT2D eigenvalue weighted by molar-refractivity contribution is 7.87. The predicted molar refractivity (Wildman–Crippen MR) is 85.3 cm³/mol. The van der Waals surface area contributed by atoms with Crippen LogP contribution < -0.4 is 14.8 Å². The zero-order valence-electron chi connectivity index (χ0n) is 13.5. The molecule has 0 bridgehead atoms. The lowest BCUT2D eigenvalue weighted by molar-refractivity contribution is -0.118. The van der Waals surface area contributed by atoms with Gasteiger partial charge in [0.15, 0.2) is 11.6 Å². The molecule has 2 N–H and O–H groups in total. The van der Waals surface area contributed by atoms with E-state index in [4.69, 9.17) is 4.74 Å². The summed E-state index contributed by atoms with van der Waals surface area (Å²) in [6.07, 6.45) is 2.13. The molecule has 1 saturated carbocycles. The van der Waals surface area contributed by atoms with Crippen LogP contribution in [0.1, 0.15) is 31.4 Å². The van der Waals surface area contributed by atoms with Gasteiger partial charge in [-0.2, -0.15) is 17.4 Å². The third kappa shape index (κ3) is 4.07. The first-order valence-electron chi connectivity index (χ1n) is 7.82. The van der Waals surface area contributed by atoms with Crippen LogP contribution >= 0.6 is 0 Å². The van der Waals surface area contributed by atoms with Crippen molar-refractivity contribution in [1.29, 1.82) is 0 Å². The number of halogens is 1. The first kappa shape index (κ1) is 17.6. The highest BCUT2D eigenvalue weighted by Gasteiger charge is 2.37. The van der Waals surface area contributed by atoms with Gasteiger partial charge in [0.05, 0.1) is 6.61 Å². The number of rotatable bonds is 7. The molecule has 0 aromatic heterocycles. The molecule has 0 unspecified atom stereocenters. The molecule has 1 heterocycles. The number of hydrogen-bond acceptors (Lipinski definition) is 5. The molecule has 1 aliphatic heterocycles. The van der Waals surface area contributed by atoms with E-state index in [2.05, 4.69) is 4.72 Å². The Kier molecular flexibility index (Phi) is 4.65. The quantitative estimate of drug-likeness (QED) is 0.698. The Labute approximate surface area is 144 Å². The van der Waals surface area contributed by atoms with Crippen molar-refractivity contribution in [1.82, 2.24) is 14.3 Å². The Morgan fingerprint density at radius 2 is 2.12 bits per heavy atom. The summed E-state index contributed by atoms with van der Waals surface area (Å²) in [4.78, 5) is 22.7. The number of nitrogens with zero attached hydrogens (tertiary/aromatic N) is 1. The number of carbonyl (C=O) groups is 2. The zero-order chi connectivity index (χ0) is 18.2. The third-order valence-corrected chi connectivity index (χ3v) is 5.53. The van der Waals surface area contributed by atoms with E-state index in [9.17, 15) is 22.4 Å². The van der Waals surface area contributed by atoms with E-state index in [0.717, 1.165) is 12.8 Å². The van der Waals surface area contributed by atoms with Gasteiger partial charge in [0.1, 0.15) is 6.54 Å². The Morgan fingerprint density at radius 3 is 2.72 bits per heavy atom. The Hall–Kier alpha value is -2.20. The summed E-state index contributed by atoms with van der Waals surface area (Å²) >= 11 is 0. The topological polar surface area (TPSA) is 105 Å². The summed E-state index contributed by atoms with van der Waals surface area (Å²) in [7, 11) is -4.21. The maximum atomic E-state index is 13.8. The third-order valence-electron chi connectivity index (χ3n) is 4.00. The Balaban J connectivity index is 1.71. The largest absolute Gasteiger partial charge is 0.490 e. The van der Waals surface area contributed by atoms with Crippen LogP contribution in [-0.2, 0) is 15.0 Å². The molecule has 1 aromatic carbocycles. The molecule has 3 rings (SSSR count). The molecule has 1 aliphatic carbocycles. The lowest BCUT2D eigenvalue weighted by Crippen LogP contribution is -2.43. The number of nitrogens with one attached hydrogen (secondary N) is 2. The summed E-state index contributed by atoms with van der Waals surface area (Å²) in [6.45, 7) is 1.40. The van der Waals surface area contributed by atoms with E-state index in [1.54, 1.807) is 6.92 Å². The lowest BCUT2D eigenvalue weighted by atomic mass is 10.1. The van der Waals surface area contributed by atoms with Gasteiger partial charge >= 0.3 is 16.2 Å². The van der Waals surface area contributed by atoms with Crippen LogP contribution in [0.3, 0.4) is 0 Å². The number of amides is 3. The van der Waals surface area contributed by atoms with E-state index >= 15 is 0 Å². The van der Waals surface area contributed by atoms with E-state index in [1.807, 2.05) is 5.32 Å². The van der Waals surface area contributed by atoms with Gasteiger partial charge in [-0.3, -0.25) is 10.1 Å². The summed E-state index contributed by atoms with van der Waals surface area (Å²) in [6, 6.07) is 2.31. The minimum absolute atomic E-state index is 0.0598. The van der Waals surface area contributed by atoms with Crippen LogP contribution in [0.4, 0.5) is 9.18 Å². The molecule has 1 saturated heterocycles. The minimum Gasteiger partial charge on any atom is -0.490 e. The number of imide groups is 1. The van der Waals surface area contributed by atoms with Crippen molar-refractivity contribution >= 4 is 22.1 Å². The van der Waals surface area contributed by atoms with Crippen molar-refractivity contribution in [2.45, 2.75) is 25.8 Å².